The smallest absolute Gasteiger partial charge is 0.305 e. The molecule has 0 bridgehead atoms. The molecule has 160 valence electrons. The van der Waals surface area contributed by atoms with Crippen molar-refractivity contribution >= 4 is 11.9 Å². The minimum atomic E-state index is -0.500. The van der Waals surface area contributed by atoms with Gasteiger partial charge in [0.15, 0.2) is 11.5 Å². The number of aromatic nitrogens is 1. The molecule has 0 fully saturated rings. The Labute approximate surface area is 180 Å². The van der Waals surface area contributed by atoms with Crippen molar-refractivity contribution in [2.45, 2.75) is 26.3 Å². The fourth-order valence-electron chi connectivity index (χ4n) is 4.03. The maximum Gasteiger partial charge on any atom is 0.305 e. The van der Waals surface area contributed by atoms with Crippen LogP contribution in [0.5, 0.6) is 11.5 Å². The molecule has 4 rings (SSSR count). The summed E-state index contributed by atoms with van der Waals surface area (Å²) in [7, 11) is 1.37. The summed E-state index contributed by atoms with van der Waals surface area (Å²) < 4.78 is 17.8. The highest BCUT2D eigenvalue weighted by atomic mass is 16.7. The Hall–Kier alpha value is -3.74. The molecule has 1 aliphatic heterocycles. The van der Waals surface area contributed by atoms with E-state index in [4.69, 9.17) is 19.9 Å². The van der Waals surface area contributed by atoms with Crippen LogP contribution in [0.1, 0.15) is 33.7 Å². The van der Waals surface area contributed by atoms with Gasteiger partial charge in [-0.05, 0) is 36.6 Å². The first-order chi connectivity index (χ1) is 15.0. The summed E-state index contributed by atoms with van der Waals surface area (Å²) in [6, 6.07) is 15.4. The largest absolute Gasteiger partial charge is 0.469 e. The van der Waals surface area contributed by atoms with Gasteiger partial charge >= 0.3 is 5.97 Å². The van der Waals surface area contributed by atoms with Crippen LogP contribution in [0.2, 0.25) is 0 Å². The number of primary amides is 1. The zero-order valence-electron chi connectivity index (χ0n) is 17.5. The summed E-state index contributed by atoms with van der Waals surface area (Å²) in [5, 5.41) is 0. The quantitative estimate of drug-likeness (QED) is 0.591. The Morgan fingerprint density at radius 3 is 2.55 bits per heavy atom. The molecule has 1 amide bonds. The van der Waals surface area contributed by atoms with Crippen molar-refractivity contribution in [3.8, 4) is 22.6 Å². The lowest BCUT2D eigenvalue weighted by Crippen LogP contribution is -2.13. The van der Waals surface area contributed by atoms with Gasteiger partial charge < -0.3 is 24.5 Å². The van der Waals surface area contributed by atoms with Crippen LogP contribution in [0.15, 0.2) is 48.5 Å². The van der Waals surface area contributed by atoms with E-state index in [2.05, 4.69) is 0 Å². The molecule has 7 heteroatoms. The van der Waals surface area contributed by atoms with Gasteiger partial charge in [0.2, 0.25) is 6.79 Å². The number of hydrogen-bond acceptors (Lipinski definition) is 5. The predicted octanol–water partition coefficient (Wildman–Crippen LogP) is 3.45. The molecule has 0 atom stereocenters. The van der Waals surface area contributed by atoms with Crippen molar-refractivity contribution in [2.75, 3.05) is 13.9 Å². The first-order valence-electron chi connectivity index (χ1n) is 10.0. The molecule has 0 saturated carbocycles. The predicted molar refractivity (Wildman–Crippen MR) is 115 cm³/mol. The molecule has 2 N–H and O–H groups in total. The number of carbonyl (C=O) groups excluding carboxylic acids is 2. The minimum absolute atomic E-state index is 0.194. The Morgan fingerprint density at radius 2 is 1.84 bits per heavy atom. The maximum atomic E-state index is 12.5. The van der Waals surface area contributed by atoms with Crippen molar-refractivity contribution in [1.82, 2.24) is 4.57 Å². The van der Waals surface area contributed by atoms with Crippen LogP contribution in [-0.4, -0.2) is 30.3 Å². The van der Waals surface area contributed by atoms with E-state index < -0.39 is 5.91 Å². The molecule has 7 nitrogen and oxygen atoms in total. The molecule has 0 aliphatic carbocycles. The van der Waals surface area contributed by atoms with Crippen LogP contribution in [0.4, 0.5) is 0 Å². The lowest BCUT2D eigenvalue weighted by molar-refractivity contribution is -0.140. The molecule has 0 unspecified atom stereocenters. The Kier molecular flexibility index (Phi) is 5.66. The third-order valence-electron chi connectivity index (χ3n) is 5.51. The monoisotopic (exact) mass is 420 g/mol. The molecule has 1 aromatic heterocycles. The fraction of sp³-hybridized carbons (Fsp3) is 0.250. The van der Waals surface area contributed by atoms with E-state index in [1.807, 2.05) is 60.0 Å². The molecule has 2 heterocycles. The molecule has 2 aromatic carbocycles. The molecule has 0 saturated heterocycles. The van der Waals surface area contributed by atoms with Gasteiger partial charge in [-0.1, -0.05) is 36.4 Å². The van der Waals surface area contributed by atoms with E-state index in [0.29, 0.717) is 30.0 Å². The second-order valence-corrected chi connectivity index (χ2v) is 7.36. The van der Waals surface area contributed by atoms with Gasteiger partial charge in [-0.25, -0.2) is 0 Å². The molecule has 3 aromatic rings. The number of esters is 1. The SMILES string of the molecule is COC(=O)CCc1c(-c2ccccc2)c(C(N)=O)c(C)n1Cc1ccc2c(c1)OCO2. The van der Waals surface area contributed by atoms with Crippen molar-refractivity contribution in [3.63, 3.8) is 0 Å². The van der Waals surface area contributed by atoms with E-state index in [9.17, 15) is 9.59 Å². The van der Waals surface area contributed by atoms with E-state index in [1.165, 1.54) is 7.11 Å². The summed E-state index contributed by atoms with van der Waals surface area (Å²) in [5.74, 6) is 0.590. The number of rotatable bonds is 7. The summed E-state index contributed by atoms with van der Waals surface area (Å²) >= 11 is 0. The number of amides is 1. The van der Waals surface area contributed by atoms with Crippen LogP contribution in [-0.2, 0) is 22.5 Å². The van der Waals surface area contributed by atoms with Gasteiger partial charge in [0.25, 0.3) is 5.91 Å². The van der Waals surface area contributed by atoms with E-state index in [-0.39, 0.29) is 19.2 Å². The highest BCUT2D eigenvalue weighted by Gasteiger charge is 2.25. The van der Waals surface area contributed by atoms with Crippen LogP contribution >= 0.6 is 0 Å². The zero-order chi connectivity index (χ0) is 22.0. The summed E-state index contributed by atoms with van der Waals surface area (Å²) in [4.78, 5) is 24.4. The molecular formula is C24H24N2O5. The number of nitrogens with zero attached hydrogens (tertiary/aromatic N) is 1. The lowest BCUT2D eigenvalue weighted by atomic mass is 9.98. The average Bonchev–Trinajstić information content (AvgIpc) is 3.35. The van der Waals surface area contributed by atoms with Crippen LogP contribution in [0.25, 0.3) is 11.1 Å². The number of carbonyl (C=O) groups is 2. The van der Waals surface area contributed by atoms with Crippen molar-refractivity contribution in [1.29, 1.82) is 0 Å². The summed E-state index contributed by atoms with van der Waals surface area (Å²) in [6.45, 7) is 2.57. The van der Waals surface area contributed by atoms with Gasteiger partial charge in [-0.2, -0.15) is 0 Å². The van der Waals surface area contributed by atoms with Crippen LogP contribution < -0.4 is 15.2 Å². The topological polar surface area (TPSA) is 92.8 Å². The van der Waals surface area contributed by atoms with Gasteiger partial charge in [-0.3, -0.25) is 9.59 Å². The first-order valence-corrected chi connectivity index (χ1v) is 10.0. The van der Waals surface area contributed by atoms with Crippen LogP contribution in [0, 0.1) is 6.92 Å². The fourth-order valence-corrected chi connectivity index (χ4v) is 4.03. The maximum absolute atomic E-state index is 12.5. The minimum Gasteiger partial charge on any atom is -0.469 e. The van der Waals surface area contributed by atoms with Crippen molar-refractivity contribution in [2.24, 2.45) is 5.73 Å². The van der Waals surface area contributed by atoms with E-state index in [0.717, 1.165) is 28.1 Å². The second kappa shape index (κ2) is 8.55. The van der Waals surface area contributed by atoms with Gasteiger partial charge in [0.05, 0.1) is 19.1 Å². The summed E-state index contributed by atoms with van der Waals surface area (Å²) in [5.41, 5.74) is 10.5. The van der Waals surface area contributed by atoms with Gasteiger partial charge in [0.1, 0.15) is 0 Å². The average molecular weight is 420 g/mol. The number of ether oxygens (including phenoxy) is 3. The number of hydrogen-bond donors (Lipinski definition) is 1. The highest BCUT2D eigenvalue weighted by molar-refractivity contribution is 6.02. The third-order valence-corrected chi connectivity index (χ3v) is 5.51. The van der Waals surface area contributed by atoms with E-state index in [1.54, 1.807) is 0 Å². The second-order valence-electron chi connectivity index (χ2n) is 7.36. The first kappa shape index (κ1) is 20.5. The Bertz CT molecular complexity index is 1130. The number of methoxy groups -OCH3 is 1. The number of nitrogens with two attached hydrogens (primary N) is 1. The highest BCUT2D eigenvalue weighted by Crippen LogP contribution is 2.36. The molecule has 0 radical (unpaired) electrons. The molecular weight excluding hydrogens is 396 g/mol. The molecule has 0 spiro atoms. The molecule has 31 heavy (non-hydrogen) atoms. The van der Waals surface area contributed by atoms with Crippen LogP contribution in [0.3, 0.4) is 0 Å². The lowest BCUT2D eigenvalue weighted by Gasteiger charge is -2.14. The third kappa shape index (κ3) is 3.99. The van der Waals surface area contributed by atoms with Gasteiger partial charge in [0, 0.05) is 23.5 Å². The van der Waals surface area contributed by atoms with Gasteiger partial charge in [-0.15, -0.1) is 0 Å². The normalized spacial score (nSPS) is 12.1. The Balaban J connectivity index is 1.84. The zero-order valence-corrected chi connectivity index (χ0v) is 17.5. The number of fused-ring (bicyclic) bond motifs is 1. The standard InChI is InChI=1S/C24H24N2O5/c1-15-22(24(25)28)23(17-6-4-3-5-7-17)18(9-11-21(27)29-2)26(15)13-16-8-10-19-20(12-16)31-14-30-19/h3-8,10,12H,9,11,13-14H2,1-2H3,(H2,25,28). The van der Waals surface area contributed by atoms with E-state index >= 15 is 0 Å². The van der Waals surface area contributed by atoms with Crippen molar-refractivity contribution < 1.29 is 23.8 Å². The Morgan fingerprint density at radius 1 is 1.10 bits per heavy atom. The molecule has 1 aliphatic rings. The summed E-state index contributed by atoms with van der Waals surface area (Å²) in [6.07, 6.45) is 0.606. The van der Waals surface area contributed by atoms with Crippen molar-refractivity contribution in [3.05, 3.63) is 71.0 Å². The number of benzene rings is 2.